The van der Waals surface area contributed by atoms with Gasteiger partial charge in [-0.15, -0.1) is 6.58 Å². The van der Waals surface area contributed by atoms with Gasteiger partial charge in [-0.05, 0) is 12.3 Å². The fraction of sp³-hybridized carbons (Fsp3) is 0.600. The van der Waals surface area contributed by atoms with Gasteiger partial charge in [0.05, 0.1) is 12.7 Å². The quantitative estimate of drug-likeness (QED) is 0.503. The molecule has 0 amide bonds. The summed E-state index contributed by atoms with van der Waals surface area (Å²) in [6.07, 6.45) is 7.75. The zero-order valence-corrected chi connectivity index (χ0v) is 7.02. The minimum Gasteiger partial charge on any atom is -0.394 e. The maximum atomic E-state index is 8.82. The van der Waals surface area contributed by atoms with Gasteiger partial charge in [0.25, 0.3) is 0 Å². The molecule has 0 bridgehead atoms. The lowest BCUT2D eigenvalue weighted by Crippen LogP contribution is -2.15. The van der Waals surface area contributed by atoms with Crippen molar-refractivity contribution < 1.29 is 9.84 Å². The molecule has 1 fully saturated rings. The number of aliphatic hydroxyl groups excluding tert-OH is 1. The SMILES string of the molecule is C=CC1CC=CC1C1OC1CO. The number of hydrogen-bond donors (Lipinski definition) is 1. The van der Waals surface area contributed by atoms with E-state index in [0.29, 0.717) is 11.8 Å². The third kappa shape index (κ3) is 1.21. The summed E-state index contributed by atoms with van der Waals surface area (Å²) in [7, 11) is 0. The standard InChI is InChI=1S/C10H14O2/c1-2-7-4-3-5-8(7)10-9(6-11)12-10/h2-3,5,7-11H,1,4,6H2. The predicted molar refractivity (Wildman–Crippen MR) is 46.7 cm³/mol. The van der Waals surface area contributed by atoms with Gasteiger partial charge >= 0.3 is 0 Å². The Hall–Kier alpha value is -0.600. The molecule has 0 aromatic heterocycles. The second-order valence-corrected chi connectivity index (χ2v) is 3.46. The van der Waals surface area contributed by atoms with Crippen molar-refractivity contribution in [2.24, 2.45) is 11.8 Å². The van der Waals surface area contributed by atoms with E-state index in [0.717, 1.165) is 6.42 Å². The van der Waals surface area contributed by atoms with Gasteiger partial charge in [-0.1, -0.05) is 18.2 Å². The van der Waals surface area contributed by atoms with Gasteiger partial charge in [-0.25, -0.2) is 0 Å². The van der Waals surface area contributed by atoms with Gasteiger partial charge in [0, 0.05) is 5.92 Å². The molecule has 0 saturated carbocycles. The van der Waals surface area contributed by atoms with Crippen molar-refractivity contribution in [2.75, 3.05) is 6.61 Å². The average molecular weight is 166 g/mol. The number of ether oxygens (including phenoxy) is 1. The van der Waals surface area contributed by atoms with Crippen molar-refractivity contribution in [3.05, 3.63) is 24.8 Å². The van der Waals surface area contributed by atoms with Crippen molar-refractivity contribution >= 4 is 0 Å². The molecule has 0 radical (unpaired) electrons. The Morgan fingerprint density at radius 1 is 1.67 bits per heavy atom. The number of hydrogen-bond acceptors (Lipinski definition) is 2. The smallest absolute Gasteiger partial charge is 0.108 e. The lowest BCUT2D eigenvalue weighted by atomic mass is 9.91. The van der Waals surface area contributed by atoms with Crippen LogP contribution in [-0.4, -0.2) is 23.9 Å². The largest absolute Gasteiger partial charge is 0.394 e. The Balaban J connectivity index is 1.95. The summed E-state index contributed by atoms with van der Waals surface area (Å²) in [5, 5.41) is 8.82. The molecule has 1 saturated heterocycles. The fourth-order valence-electron chi connectivity index (χ4n) is 1.94. The Labute approximate surface area is 72.5 Å². The molecule has 4 unspecified atom stereocenters. The molecule has 1 heterocycles. The Bertz CT molecular complexity index is 210. The van der Waals surface area contributed by atoms with E-state index in [1.165, 1.54) is 0 Å². The second-order valence-electron chi connectivity index (χ2n) is 3.46. The summed E-state index contributed by atoms with van der Waals surface area (Å²) in [5.41, 5.74) is 0. The molecule has 4 atom stereocenters. The first-order chi connectivity index (χ1) is 5.86. The maximum Gasteiger partial charge on any atom is 0.108 e. The van der Waals surface area contributed by atoms with E-state index in [4.69, 9.17) is 9.84 Å². The first kappa shape index (κ1) is 8.02. The van der Waals surface area contributed by atoms with Crippen LogP contribution in [0.5, 0.6) is 0 Å². The van der Waals surface area contributed by atoms with Crippen LogP contribution in [0.4, 0.5) is 0 Å². The maximum absolute atomic E-state index is 8.82. The zero-order chi connectivity index (χ0) is 8.55. The Morgan fingerprint density at radius 2 is 2.50 bits per heavy atom. The van der Waals surface area contributed by atoms with Crippen LogP contribution in [0.2, 0.25) is 0 Å². The Kier molecular flexibility index (Phi) is 2.03. The van der Waals surface area contributed by atoms with Gasteiger partial charge in [0.1, 0.15) is 6.10 Å². The zero-order valence-electron chi connectivity index (χ0n) is 7.02. The van der Waals surface area contributed by atoms with Gasteiger partial charge in [0.15, 0.2) is 0 Å². The third-order valence-corrected chi connectivity index (χ3v) is 2.74. The van der Waals surface area contributed by atoms with Gasteiger partial charge < -0.3 is 9.84 Å². The molecule has 2 rings (SSSR count). The van der Waals surface area contributed by atoms with Crippen molar-refractivity contribution in [1.82, 2.24) is 0 Å². The molecule has 1 N–H and O–H groups in total. The minimum absolute atomic E-state index is 0.0835. The van der Waals surface area contributed by atoms with Gasteiger partial charge in [-0.3, -0.25) is 0 Å². The van der Waals surface area contributed by atoms with Crippen LogP contribution in [-0.2, 0) is 4.74 Å². The summed E-state index contributed by atoms with van der Waals surface area (Å²) >= 11 is 0. The highest BCUT2D eigenvalue weighted by atomic mass is 16.6. The van der Waals surface area contributed by atoms with Crippen LogP contribution in [0.15, 0.2) is 24.8 Å². The molecule has 2 nitrogen and oxygen atoms in total. The molecule has 2 heteroatoms. The van der Waals surface area contributed by atoms with Crippen molar-refractivity contribution in [3.8, 4) is 0 Å². The second kappa shape index (κ2) is 3.04. The van der Waals surface area contributed by atoms with E-state index < -0.39 is 0 Å². The van der Waals surface area contributed by atoms with Crippen molar-refractivity contribution in [1.29, 1.82) is 0 Å². The van der Waals surface area contributed by atoms with E-state index >= 15 is 0 Å². The summed E-state index contributed by atoms with van der Waals surface area (Å²) in [6.45, 7) is 3.95. The summed E-state index contributed by atoms with van der Waals surface area (Å²) in [5.74, 6) is 0.978. The number of allylic oxidation sites excluding steroid dienone is 2. The van der Waals surface area contributed by atoms with Crippen LogP contribution in [0, 0.1) is 11.8 Å². The average Bonchev–Trinajstić information content (AvgIpc) is 2.74. The van der Waals surface area contributed by atoms with Crippen LogP contribution in [0.1, 0.15) is 6.42 Å². The Morgan fingerprint density at radius 3 is 3.08 bits per heavy atom. The topological polar surface area (TPSA) is 32.8 Å². The van der Waals surface area contributed by atoms with Crippen molar-refractivity contribution in [3.63, 3.8) is 0 Å². The number of epoxide rings is 1. The predicted octanol–water partition coefficient (Wildman–Crippen LogP) is 1.12. The molecule has 1 aliphatic heterocycles. The molecular weight excluding hydrogens is 152 g/mol. The van der Waals surface area contributed by atoms with E-state index in [9.17, 15) is 0 Å². The van der Waals surface area contributed by atoms with Crippen LogP contribution >= 0.6 is 0 Å². The molecular formula is C10H14O2. The fourth-order valence-corrected chi connectivity index (χ4v) is 1.94. The van der Waals surface area contributed by atoms with E-state index in [-0.39, 0.29) is 18.8 Å². The first-order valence-electron chi connectivity index (χ1n) is 4.42. The lowest BCUT2D eigenvalue weighted by Gasteiger charge is -2.11. The molecule has 0 aromatic rings. The summed E-state index contributed by atoms with van der Waals surface area (Å²) in [4.78, 5) is 0. The van der Waals surface area contributed by atoms with Crippen LogP contribution < -0.4 is 0 Å². The highest BCUT2D eigenvalue weighted by Crippen LogP contribution is 2.39. The highest BCUT2D eigenvalue weighted by Gasteiger charge is 2.46. The monoisotopic (exact) mass is 166 g/mol. The van der Waals surface area contributed by atoms with Crippen molar-refractivity contribution in [2.45, 2.75) is 18.6 Å². The normalized spacial score (nSPS) is 44.8. The summed E-state index contributed by atoms with van der Waals surface area (Å²) in [6, 6.07) is 0. The molecule has 0 aromatic carbocycles. The van der Waals surface area contributed by atoms with E-state index in [1.807, 2.05) is 6.08 Å². The minimum atomic E-state index is 0.0835. The van der Waals surface area contributed by atoms with Gasteiger partial charge in [0.2, 0.25) is 0 Å². The summed E-state index contributed by atoms with van der Waals surface area (Å²) < 4.78 is 5.33. The molecule has 1 aliphatic carbocycles. The van der Waals surface area contributed by atoms with Gasteiger partial charge in [-0.2, -0.15) is 0 Å². The molecule has 66 valence electrons. The molecule has 0 spiro atoms. The van der Waals surface area contributed by atoms with E-state index in [1.54, 1.807) is 0 Å². The van der Waals surface area contributed by atoms with Crippen LogP contribution in [0.25, 0.3) is 0 Å². The number of rotatable bonds is 3. The third-order valence-electron chi connectivity index (χ3n) is 2.74. The van der Waals surface area contributed by atoms with E-state index in [2.05, 4.69) is 18.7 Å². The first-order valence-corrected chi connectivity index (χ1v) is 4.42. The van der Waals surface area contributed by atoms with Crippen LogP contribution in [0.3, 0.4) is 0 Å². The highest BCUT2D eigenvalue weighted by molar-refractivity contribution is 5.13. The lowest BCUT2D eigenvalue weighted by molar-refractivity contribution is 0.239. The molecule has 12 heavy (non-hydrogen) atoms. The number of aliphatic hydroxyl groups is 1. The molecule has 2 aliphatic rings.